The SMILES string of the molecule is COc1ccc(/C=N\OCC(=O)OCC(=O)N[C@@H](C)c2cc3ccccc3o2)cc1. The number of oxime groups is 1. The second-order valence-electron chi connectivity index (χ2n) is 6.42. The maximum Gasteiger partial charge on any atom is 0.347 e. The van der Waals surface area contributed by atoms with E-state index in [1.165, 1.54) is 6.21 Å². The number of hydrogen-bond acceptors (Lipinski definition) is 7. The van der Waals surface area contributed by atoms with E-state index >= 15 is 0 Å². The number of amides is 1. The van der Waals surface area contributed by atoms with E-state index in [2.05, 4.69) is 10.5 Å². The summed E-state index contributed by atoms with van der Waals surface area (Å²) < 4.78 is 15.7. The van der Waals surface area contributed by atoms with Crippen LogP contribution in [0.2, 0.25) is 0 Å². The molecule has 8 heteroatoms. The van der Waals surface area contributed by atoms with Gasteiger partial charge in [0.05, 0.1) is 19.4 Å². The predicted molar refractivity (Wildman–Crippen MR) is 110 cm³/mol. The maximum atomic E-state index is 12.0. The lowest BCUT2D eigenvalue weighted by Crippen LogP contribution is -2.31. The predicted octanol–water partition coefficient (Wildman–Crippen LogP) is 3.21. The van der Waals surface area contributed by atoms with Crippen molar-refractivity contribution in [3.8, 4) is 5.75 Å². The summed E-state index contributed by atoms with van der Waals surface area (Å²) in [5.41, 5.74) is 1.52. The molecule has 1 N–H and O–H groups in total. The molecule has 0 unspecified atom stereocenters. The first-order chi connectivity index (χ1) is 14.5. The summed E-state index contributed by atoms with van der Waals surface area (Å²) in [6, 6.07) is 16.2. The zero-order valence-electron chi connectivity index (χ0n) is 16.7. The average molecular weight is 410 g/mol. The van der Waals surface area contributed by atoms with Crippen molar-refractivity contribution in [1.29, 1.82) is 0 Å². The number of nitrogens with one attached hydrogen (secondary N) is 1. The standard InChI is InChI=1S/C22H22N2O6/c1-15(20-11-17-5-3-4-6-19(17)30-20)24-21(25)13-28-22(26)14-29-23-12-16-7-9-18(27-2)10-8-16/h3-12,15H,13-14H2,1-2H3,(H,24,25)/b23-12-/t15-/m0/s1. The quantitative estimate of drug-likeness (QED) is 0.330. The first kappa shape index (κ1) is 20.9. The number of carbonyl (C=O) groups is 2. The van der Waals surface area contributed by atoms with Crippen LogP contribution in [0.4, 0.5) is 0 Å². The van der Waals surface area contributed by atoms with Crippen LogP contribution in [0.15, 0.2) is 64.2 Å². The largest absolute Gasteiger partial charge is 0.497 e. The molecular weight excluding hydrogens is 388 g/mol. The Kier molecular flexibility index (Phi) is 7.05. The van der Waals surface area contributed by atoms with Crippen molar-refractivity contribution in [2.75, 3.05) is 20.3 Å². The van der Waals surface area contributed by atoms with Gasteiger partial charge >= 0.3 is 5.97 Å². The maximum absolute atomic E-state index is 12.0. The molecule has 0 radical (unpaired) electrons. The molecule has 30 heavy (non-hydrogen) atoms. The summed E-state index contributed by atoms with van der Waals surface area (Å²) in [5.74, 6) is 0.197. The summed E-state index contributed by atoms with van der Waals surface area (Å²) in [6.07, 6.45) is 1.45. The van der Waals surface area contributed by atoms with Gasteiger partial charge in [0, 0.05) is 5.39 Å². The van der Waals surface area contributed by atoms with E-state index in [1.807, 2.05) is 30.3 Å². The Labute approximate surface area is 173 Å². The highest BCUT2D eigenvalue weighted by atomic mass is 16.7. The fraction of sp³-hybridized carbons (Fsp3) is 0.227. The summed E-state index contributed by atoms with van der Waals surface area (Å²) in [6.45, 7) is 0.961. The second kappa shape index (κ2) is 10.1. The van der Waals surface area contributed by atoms with Crippen LogP contribution in [0, 0.1) is 0 Å². The van der Waals surface area contributed by atoms with Crippen molar-refractivity contribution in [3.63, 3.8) is 0 Å². The van der Waals surface area contributed by atoms with E-state index in [0.29, 0.717) is 5.76 Å². The van der Waals surface area contributed by atoms with E-state index in [-0.39, 0.29) is 6.04 Å². The minimum Gasteiger partial charge on any atom is -0.497 e. The Morgan fingerprint density at radius 2 is 1.90 bits per heavy atom. The molecule has 2 aromatic carbocycles. The van der Waals surface area contributed by atoms with Crippen LogP contribution in [-0.4, -0.2) is 38.4 Å². The first-order valence-corrected chi connectivity index (χ1v) is 9.28. The van der Waals surface area contributed by atoms with E-state index in [0.717, 1.165) is 22.3 Å². The van der Waals surface area contributed by atoms with E-state index in [9.17, 15) is 9.59 Å². The van der Waals surface area contributed by atoms with Gasteiger partial charge in [0.15, 0.2) is 6.61 Å². The van der Waals surface area contributed by atoms with E-state index in [4.69, 9.17) is 18.7 Å². The van der Waals surface area contributed by atoms with Gasteiger partial charge in [-0.3, -0.25) is 4.79 Å². The molecule has 0 spiro atoms. The van der Waals surface area contributed by atoms with Crippen LogP contribution in [0.25, 0.3) is 11.0 Å². The van der Waals surface area contributed by atoms with Gasteiger partial charge in [-0.1, -0.05) is 23.4 Å². The highest BCUT2D eigenvalue weighted by Gasteiger charge is 2.15. The fourth-order valence-corrected chi connectivity index (χ4v) is 2.64. The minimum atomic E-state index is -0.701. The Bertz CT molecular complexity index is 993. The molecule has 0 fully saturated rings. The van der Waals surface area contributed by atoms with Crippen LogP contribution in [-0.2, 0) is 19.2 Å². The van der Waals surface area contributed by atoms with Crippen molar-refractivity contribution in [2.45, 2.75) is 13.0 Å². The van der Waals surface area contributed by atoms with Gasteiger partial charge in [0.2, 0.25) is 6.61 Å². The molecule has 1 aromatic heterocycles. The number of furan rings is 1. The lowest BCUT2D eigenvalue weighted by molar-refractivity contribution is -0.153. The van der Waals surface area contributed by atoms with Crippen LogP contribution >= 0.6 is 0 Å². The summed E-state index contributed by atoms with van der Waals surface area (Å²) in [4.78, 5) is 28.6. The number of ether oxygens (including phenoxy) is 2. The second-order valence-corrected chi connectivity index (χ2v) is 6.42. The molecule has 0 aliphatic heterocycles. The molecule has 0 aliphatic rings. The first-order valence-electron chi connectivity index (χ1n) is 9.28. The van der Waals surface area contributed by atoms with Gasteiger partial charge in [-0.15, -0.1) is 0 Å². The Balaban J connectivity index is 1.37. The number of rotatable bonds is 9. The molecule has 0 saturated carbocycles. The Morgan fingerprint density at radius 1 is 1.13 bits per heavy atom. The molecule has 0 bridgehead atoms. The van der Waals surface area contributed by atoms with Crippen LogP contribution in [0.5, 0.6) is 5.75 Å². The van der Waals surface area contributed by atoms with Gasteiger partial charge < -0.3 is 24.0 Å². The third-order valence-electron chi connectivity index (χ3n) is 4.19. The molecule has 1 atom stereocenters. The molecule has 0 saturated heterocycles. The molecular formula is C22H22N2O6. The van der Waals surface area contributed by atoms with Crippen molar-refractivity contribution in [1.82, 2.24) is 5.32 Å². The number of methoxy groups -OCH3 is 1. The van der Waals surface area contributed by atoms with Crippen LogP contribution in [0.1, 0.15) is 24.3 Å². The zero-order chi connectivity index (χ0) is 21.3. The Hall–Kier alpha value is -3.81. The third-order valence-corrected chi connectivity index (χ3v) is 4.19. The molecule has 1 amide bonds. The third kappa shape index (κ3) is 5.84. The molecule has 8 nitrogen and oxygen atoms in total. The minimum absolute atomic E-state index is 0.367. The smallest absolute Gasteiger partial charge is 0.347 e. The topological polar surface area (TPSA) is 99.4 Å². The lowest BCUT2D eigenvalue weighted by atomic mass is 10.2. The van der Waals surface area contributed by atoms with Crippen molar-refractivity contribution in [3.05, 3.63) is 65.9 Å². The normalized spacial score (nSPS) is 11.9. The molecule has 156 valence electrons. The number of benzene rings is 2. The average Bonchev–Trinajstić information content (AvgIpc) is 3.20. The fourth-order valence-electron chi connectivity index (χ4n) is 2.64. The summed E-state index contributed by atoms with van der Waals surface area (Å²) in [7, 11) is 1.58. The Morgan fingerprint density at radius 3 is 2.63 bits per heavy atom. The van der Waals surface area contributed by atoms with Crippen molar-refractivity contribution in [2.24, 2.45) is 5.16 Å². The highest BCUT2D eigenvalue weighted by Crippen LogP contribution is 2.23. The zero-order valence-corrected chi connectivity index (χ0v) is 16.7. The van der Waals surface area contributed by atoms with Gasteiger partial charge in [0.1, 0.15) is 17.1 Å². The van der Waals surface area contributed by atoms with Crippen molar-refractivity contribution >= 4 is 29.1 Å². The molecule has 3 rings (SSSR count). The monoisotopic (exact) mass is 410 g/mol. The van der Waals surface area contributed by atoms with Crippen LogP contribution in [0.3, 0.4) is 0 Å². The van der Waals surface area contributed by atoms with Gasteiger partial charge in [-0.25, -0.2) is 4.79 Å². The van der Waals surface area contributed by atoms with Gasteiger partial charge in [-0.05, 0) is 48.9 Å². The number of fused-ring (bicyclic) bond motifs is 1. The van der Waals surface area contributed by atoms with Crippen LogP contribution < -0.4 is 10.1 Å². The van der Waals surface area contributed by atoms with Gasteiger partial charge in [0.25, 0.3) is 5.91 Å². The van der Waals surface area contributed by atoms with Crippen molar-refractivity contribution < 1.29 is 28.3 Å². The summed E-state index contributed by atoms with van der Waals surface area (Å²) in [5, 5.41) is 7.36. The number of esters is 1. The van der Waals surface area contributed by atoms with E-state index < -0.39 is 25.1 Å². The molecule has 3 aromatic rings. The number of nitrogens with zero attached hydrogens (tertiary/aromatic N) is 1. The molecule has 0 aliphatic carbocycles. The summed E-state index contributed by atoms with van der Waals surface area (Å²) >= 11 is 0. The lowest BCUT2D eigenvalue weighted by Gasteiger charge is -2.11. The van der Waals surface area contributed by atoms with Gasteiger partial charge in [-0.2, -0.15) is 0 Å². The number of carbonyl (C=O) groups excluding carboxylic acids is 2. The number of hydrogen-bond donors (Lipinski definition) is 1. The highest BCUT2D eigenvalue weighted by molar-refractivity contribution is 5.82. The van der Waals surface area contributed by atoms with E-state index in [1.54, 1.807) is 38.3 Å². The number of para-hydroxylation sites is 1. The molecule has 1 heterocycles.